The van der Waals surface area contributed by atoms with Crippen molar-refractivity contribution in [1.82, 2.24) is 14.7 Å². The molecule has 1 heterocycles. The van der Waals surface area contributed by atoms with Crippen LogP contribution in [0.25, 0.3) is 5.57 Å². The summed E-state index contributed by atoms with van der Waals surface area (Å²) in [5.41, 5.74) is 5.46. The number of nitrogens with zero attached hydrogens (tertiary/aromatic N) is 3. The smallest absolute Gasteiger partial charge is 0.128 e. The second kappa shape index (κ2) is 9.81. The number of rotatable bonds is 7. The van der Waals surface area contributed by atoms with Crippen LogP contribution in [0.4, 0.5) is 0 Å². The second-order valence-corrected chi connectivity index (χ2v) is 8.04. The molecule has 2 aromatic rings. The quantitative estimate of drug-likeness (QED) is 0.693. The summed E-state index contributed by atoms with van der Waals surface area (Å²) in [6, 6.07) is 16.8. The van der Waals surface area contributed by atoms with Gasteiger partial charge in [-0.3, -0.25) is 4.90 Å². The largest absolute Gasteiger partial charge is 0.305 e. The van der Waals surface area contributed by atoms with Crippen molar-refractivity contribution in [2.45, 2.75) is 19.5 Å². The van der Waals surface area contributed by atoms with E-state index >= 15 is 0 Å². The van der Waals surface area contributed by atoms with E-state index in [2.05, 4.69) is 78.2 Å². The van der Waals surface area contributed by atoms with Crippen LogP contribution in [-0.4, -0.2) is 68.0 Å². The predicted octanol–water partition coefficient (Wildman–Crippen LogP) is 2.95. The lowest BCUT2D eigenvalue weighted by atomic mass is 9.95. The third kappa shape index (κ3) is 5.63. The zero-order chi connectivity index (χ0) is 19.9. The Morgan fingerprint density at radius 2 is 1.61 bits per heavy atom. The molecule has 0 radical (unpaired) electrons. The van der Waals surface area contributed by atoms with E-state index in [9.17, 15) is 4.79 Å². The molecule has 148 valence electrons. The highest BCUT2D eigenvalue weighted by Gasteiger charge is 2.16. The van der Waals surface area contributed by atoms with Gasteiger partial charge in [-0.05, 0) is 43.4 Å². The van der Waals surface area contributed by atoms with Crippen LogP contribution in [0.5, 0.6) is 0 Å². The summed E-state index contributed by atoms with van der Waals surface area (Å²) in [4.78, 5) is 18.7. The summed E-state index contributed by atoms with van der Waals surface area (Å²) in [6.07, 6.45) is 0.625. The monoisotopic (exact) mass is 377 g/mol. The Balaban J connectivity index is 1.72. The third-order valence-electron chi connectivity index (χ3n) is 5.40. The lowest BCUT2D eigenvalue weighted by molar-refractivity contribution is 0.148. The summed E-state index contributed by atoms with van der Waals surface area (Å²) in [7, 11) is 6.29. The standard InChI is InChI=1S/C24H31N3O/c1-25(2)17-20-8-10-21(11-9-20)24(19-28)16-22-6-4-5-7-23(22)18-27-14-12-26(3)13-15-27/h4-11H,12-18H2,1-3H3. The lowest BCUT2D eigenvalue weighted by Crippen LogP contribution is -2.44. The van der Waals surface area contributed by atoms with Crippen LogP contribution < -0.4 is 0 Å². The number of carbonyl (C=O) groups excluding carboxylic acids is 1. The highest BCUT2D eigenvalue weighted by atomic mass is 16.1. The van der Waals surface area contributed by atoms with Crippen molar-refractivity contribution < 1.29 is 4.79 Å². The lowest BCUT2D eigenvalue weighted by Gasteiger charge is -2.32. The van der Waals surface area contributed by atoms with Crippen molar-refractivity contribution in [3.05, 3.63) is 70.8 Å². The van der Waals surface area contributed by atoms with Crippen LogP contribution in [0.3, 0.4) is 0 Å². The van der Waals surface area contributed by atoms with Gasteiger partial charge >= 0.3 is 0 Å². The second-order valence-electron chi connectivity index (χ2n) is 8.04. The summed E-state index contributed by atoms with van der Waals surface area (Å²) >= 11 is 0. The van der Waals surface area contributed by atoms with Gasteiger partial charge in [0.15, 0.2) is 0 Å². The Morgan fingerprint density at radius 1 is 0.964 bits per heavy atom. The van der Waals surface area contributed by atoms with E-state index in [0.29, 0.717) is 6.42 Å². The van der Waals surface area contributed by atoms with Gasteiger partial charge in [0.25, 0.3) is 0 Å². The minimum absolute atomic E-state index is 0.625. The number of hydrogen-bond donors (Lipinski definition) is 0. The van der Waals surface area contributed by atoms with Crippen LogP contribution in [0.2, 0.25) is 0 Å². The number of likely N-dealkylation sites (N-methyl/N-ethyl adjacent to an activating group) is 1. The zero-order valence-electron chi connectivity index (χ0n) is 17.3. The first-order valence-electron chi connectivity index (χ1n) is 10.0. The molecule has 0 unspecified atom stereocenters. The number of benzene rings is 2. The van der Waals surface area contributed by atoms with Gasteiger partial charge in [0, 0.05) is 51.3 Å². The third-order valence-corrected chi connectivity index (χ3v) is 5.40. The molecule has 0 saturated carbocycles. The molecular weight excluding hydrogens is 346 g/mol. The number of piperazine rings is 1. The highest BCUT2D eigenvalue weighted by molar-refractivity contribution is 5.88. The van der Waals surface area contributed by atoms with Gasteiger partial charge < -0.3 is 9.80 Å². The van der Waals surface area contributed by atoms with Crippen LogP contribution in [0, 0.1) is 0 Å². The molecule has 0 spiro atoms. The Labute approximate surface area is 169 Å². The maximum atomic E-state index is 11.7. The Bertz CT molecular complexity index is 814. The molecule has 1 fully saturated rings. The van der Waals surface area contributed by atoms with Crippen LogP contribution in [-0.2, 0) is 24.3 Å². The summed E-state index contributed by atoms with van der Waals surface area (Å²) in [6.45, 7) is 6.25. The maximum absolute atomic E-state index is 11.7. The summed E-state index contributed by atoms with van der Waals surface area (Å²) < 4.78 is 0. The van der Waals surface area contributed by atoms with Gasteiger partial charge in [-0.15, -0.1) is 0 Å². The average Bonchev–Trinajstić information content (AvgIpc) is 2.69. The first kappa shape index (κ1) is 20.5. The fourth-order valence-corrected chi connectivity index (χ4v) is 3.70. The topological polar surface area (TPSA) is 26.8 Å². The number of allylic oxidation sites excluding steroid dienone is 1. The van der Waals surface area contributed by atoms with Crippen LogP contribution in [0.1, 0.15) is 22.3 Å². The van der Waals surface area contributed by atoms with Crippen molar-refractivity contribution in [2.75, 3.05) is 47.3 Å². The molecule has 4 heteroatoms. The minimum Gasteiger partial charge on any atom is -0.305 e. The Morgan fingerprint density at radius 3 is 2.21 bits per heavy atom. The van der Waals surface area contributed by atoms with E-state index in [4.69, 9.17) is 0 Å². The van der Waals surface area contributed by atoms with Crippen LogP contribution in [0.15, 0.2) is 48.5 Å². The molecule has 0 aliphatic carbocycles. The van der Waals surface area contributed by atoms with Crippen molar-refractivity contribution >= 4 is 11.5 Å². The van der Waals surface area contributed by atoms with Gasteiger partial charge in [-0.2, -0.15) is 0 Å². The van der Waals surface area contributed by atoms with Crippen molar-refractivity contribution in [3.8, 4) is 0 Å². The molecule has 0 bridgehead atoms. The molecule has 0 atom stereocenters. The molecule has 0 aromatic heterocycles. The molecule has 0 amide bonds. The van der Waals surface area contributed by atoms with Gasteiger partial charge in [0.2, 0.25) is 0 Å². The fourth-order valence-electron chi connectivity index (χ4n) is 3.70. The summed E-state index contributed by atoms with van der Waals surface area (Å²) in [5, 5.41) is 0. The molecule has 4 nitrogen and oxygen atoms in total. The van der Waals surface area contributed by atoms with Crippen molar-refractivity contribution in [3.63, 3.8) is 0 Å². The van der Waals surface area contributed by atoms with E-state index < -0.39 is 0 Å². The van der Waals surface area contributed by atoms with E-state index in [1.165, 1.54) is 16.7 Å². The average molecular weight is 378 g/mol. The van der Waals surface area contributed by atoms with Gasteiger partial charge in [-0.1, -0.05) is 48.5 Å². The summed E-state index contributed by atoms with van der Waals surface area (Å²) in [5.74, 6) is 2.20. The van der Waals surface area contributed by atoms with Gasteiger partial charge in [-0.25, -0.2) is 4.79 Å². The highest BCUT2D eigenvalue weighted by Crippen LogP contribution is 2.22. The fraction of sp³-hybridized carbons (Fsp3) is 0.417. The minimum atomic E-state index is 0.625. The first-order valence-corrected chi connectivity index (χ1v) is 10.0. The number of hydrogen-bond acceptors (Lipinski definition) is 4. The molecule has 1 saturated heterocycles. The Kier molecular flexibility index (Phi) is 7.18. The van der Waals surface area contributed by atoms with E-state index in [-0.39, 0.29) is 0 Å². The van der Waals surface area contributed by atoms with Gasteiger partial charge in [0.05, 0.1) is 0 Å². The van der Waals surface area contributed by atoms with Crippen molar-refractivity contribution in [1.29, 1.82) is 0 Å². The molecule has 3 rings (SSSR count). The Hall–Kier alpha value is -2.23. The molecule has 1 aliphatic rings. The molecule has 0 N–H and O–H groups in total. The van der Waals surface area contributed by atoms with Crippen LogP contribution >= 0.6 is 0 Å². The SMILES string of the molecule is CN(C)Cc1ccc(C(=C=O)Cc2ccccc2CN2CCN(C)CC2)cc1. The van der Waals surface area contributed by atoms with E-state index in [1.54, 1.807) is 0 Å². The normalized spacial score (nSPS) is 15.6. The molecule has 28 heavy (non-hydrogen) atoms. The first-order chi connectivity index (χ1) is 13.5. The molecular formula is C24H31N3O. The predicted molar refractivity (Wildman–Crippen MR) is 116 cm³/mol. The van der Waals surface area contributed by atoms with Crippen molar-refractivity contribution in [2.24, 2.45) is 0 Å². The molecule has 1 aliphatic heterocycles. The van der Waals surface area contributed by atoms with E-state index in [0.717, 1.165) is 50.4 Å². The van der Waals surface area contributed by atoms with E-state index in [1.807, 2.05) is 12.1 Å². The molecule has 2 aromatic carbocycles. The zero-order valence-corrected chi connectivity index (χ0v) is 17.3. The maximum Gasteiger partial charge on any atom is 0.128 e. The van der Waals surface area contributed by atoms with Gasteiger partial charge in [0.1, 0.15) is 5.94 Å².